The molecule has 0 saturated carbocycles. The monoisotopic (exact) mass is 313 g/mol. The van der Waals surface area contributed by atoms with Crippen molar-refractivity contribution in [2.75, 3.05) is 13.1 Å². The fourth-order valence-corrected chi connectivity index (χ4v) is 3.19. The van der Waals surface area contributed by atoms with Gasteiger partial charge in [-0.2, -0.15) is 0 Å². The van der Waals surface area contributed by atoms with Crippen LogP contribution in [-0.4, -0.2) is 44.9 Å². The van der Waals surface area contributed by atoms with E-state index in [4.69, 9.17) is 5.73 Å². The van der Waals surface area contributed by atoms with E-state index >= 15 is 0 Å². The molecular weight excluding hydrogens is 290 g/mol. The molecule has 0 spiro atoms. The number of carbonyl (C=O) groups excluding carboxylic acids is 1. The van der Waals surface area contributed by atoms with Crippen LogP contribution in [0.3, 0.4) is 0 Å². The normalized spacial score (nSPS) is 21.4. The zero-order valence-electron chi connectivity index (χ0n) is 13.6. The molecule has 1 aromatic carbocycles. The van der Waals surface area contributed by atoms with Crippen LogP contribution in [0.25, 0.3) is 5.69 Å². The zero-order chi connectivity index (χ0) is 16.4. The first kappa shape index (κ1) is 15.7. The average Bonchev–Trinajstić information content (AvgIpc) is 3.04. The van der Waals surface area contributed by atoms with Gasteiger partial charge in [-0.15, -0.1) is 5.10 Å². The summed E-state index contributed by atoms with van der Waals surface area (Å²) in [5.41, 5.74) is 8.32. The Hall–Kier alpha value is -2.21. The summed E-state index contributed by atoms with van der Waals surface area (Å²) in [6.45, 7) is 5.41. The third-order valence-corrected chi connectivity index (χ3v) is 4.63. The van der Waals surface area contributed by atoms with Crippen molar-refractivity contribution >= 4 is 5.91 Å². The van der Waals surface area contributed by atoms with Crippen molar-refractivity contribution in [1.29, 1.82) is 0 Å². The van der Waals surface area contributed by atoms with Crippen molar-refractivity contribution in [2.24, 2.45) is 11.7 Å². The van der Waals surface area contributed by atoms with Gasteiger partial charge in [0, 0.05) is 19.1 Å². The van der Waals surface area contributed by atoms with Crippen LogP contribution in [0.15, 0.2) is 30.5 Å². The lowest BCUT2D eigenvalue weighted by atomic mass is 9.90. The van der Waals surface area contributed by atoms with Gasteiger partial charge in [-0.25, -0.2) is 4.68 Å². The summed E-state index contributed by atoms with van der Waals surface area (Å²) in [7, 11) is 0. The van der Waals surface area contributed by atoms with Gasteiger partial charge in [0.15, 0.2) is 5.69 Å². The molecular formula is C17H23N5O. The minimum absolute atomic E-state index is 0.0784. The standard InChI is InChI=1S/C17H23N5O/c1-12-5-7-14(8-6-12)22-11-15(19-20-22)17(23)21-9-3-4-13(2)16(21)10-18/h5-8,11,13,16H,3-4,9-10,18H2,1-2H3/t13-,16-/m0/s1. The van der Waals surface area contributed by atoms with Crippen LogP contribution in [0, 0.1) is 12.8 Å². The quantitative estimate of drug-likeness (QED) is 0.937. The molecule has 1 fully saturated rings. The Morgan fingerprint density at radius 2 is 2.09 bits per heavy atom. The number of benzene rings is 1. The maximum absolute atomic E-state index is 12.8. The Kier molecular flexibility index (Phi) is 4.43. The number of hydrogen-bond acceptors (Lipinski definition) is 4. The molecule has 2 heterocycles. The van der Waals surface area contributed by atoms with E-state index in [0.717, 1.165) is 25.1 Å². The van der Waals surface area contributed by atoms with E-state index < -0.39 is 0 Å². The molecule has 1 aliphatic rings. The number of hydrogen-bond donors (Lipinski definition) is 1. The van der Waals surface area contributed by atoms with E-state index in [1.165, 1.54) is 5.56 Å². The Bertz CT molecular complexity index is 679. The molecule has 122 valence electrons. The van der Waals surface area contributed by atoms with Crippen LogP contribution in [-0.2, 0) is 0 Å². The van der Waals surface area contributed by atoms with Crippen molar-refractivity contribution in [1.82, 2.24) is 19.9 Å². The summed E-state index contributed by atoms with van der Waals surface area (Å²) >= 11 is 0. The van der Waals surface area contributed by atoms with Gasteiger partial charge >= 0.3 is 0 Å². The SMILES string of the molecule is Cc1ccc(-n2cc(C(=O)N3CCC[C@H](C)[C@@H]3CN)nn2)cc1. The van der Waals surface area contributed by atoms with Crippen LogP contribution >= 0.6 is 0 Å². The predicted molar refractivity (Wildman–Crippen MR) is 88.4 cm³/mol. The second-order valence-electron chi connectivity index (χ2n) is 6.31. The van der Waals surface area contributed by atoms with Gasteiger partial charge in [0.2, 0.25) is 0 Å². The van der Waals surface area contributed by atoms with Crippen LogP contribution in [0.2, 0.25) is 0 Å². The average molecular weight is 313 g/mol. The van der Waals surface area contributed by atoms with Crippen molar-refractivity contribution in [2.45, 2.75) is 32.7 Å². The Labute approximate surface area is 136 Å². The predicted octanol–water partition coefficient (Wildman–Crippen LogP) is 1.78. The summed E-state index contributed by atoms with van der Waals surface area (Å²) < 4.78 is 1.64. The van der Waals surface area contributed by atoms with Gasteiger partial charge < -0.3 is 10.6 Å². The van der Waals surface area contributed by atoms with E-state index in [1.54, 1.807) is 10.9 Å². The molecule has 2 N–H and O–H groups in total. The number of rotatable bonds is 3. The molecule has 23 heavy (non-hydrogen) atoms. The van der Waals surface area contributed by atoms with Crippen molar-refractivity contribution < 1.29 is 4.79 Å². The highest BCUT2D eigenvalue weighted by atomic mass is 16.2. The first-order chi connectivity index (χ1) is 11.1. The molecule has 0 aliphatic carbocycles. The van der Waals surface area contributed by atoms with Gasteiger partial charge in [0.25, 0.3) is 5.91 Å². The maximum Gasteiger partial charge on any atom is 0.276 e. The topological polar surface area (TPSA) is 77.0 Å². The van der Waals surface area contributed by atoms with Gasteiger partial charge in [0.1, 0.15) is 0 Å². The molecule has 6 heteroatoms. The fourth-order valence-electron chi connectivity index (χ4n) is 3.19. The van der Waals surface area contributed by atoms with E-state index in [2.05, 4.69) is 17.2 Å². The Balaban J connectivity index is 1.82. The van der Waals surface area contributed by atoms with Gasteiger partial charge in [-0.05, 0) is 37.8 Å². The fraction of sp³-hybridized carbons (Fsp3) is 0.471. The van der Waals surface area contributed by atoms with E-state index in [9.17, 15) is 4.79 Å². The van der Waals surface area contributed by atoms with Crippen LogP contribution in [0.1, 0.15) is 35.8 Å². The highest BCUT2D eigenvalue weighted by Crippen LogP contribution is 2.24. The lowest BCUT2D eigenvalue weighted by Crippen LogP contribution is -2.51. The molecule has 0 bridgehead atoms. The molecule has 0 unspecified atom stereocenters. The van der Waals surface area contributed by atoms with Gasteiger partial charge in [0.05, 0.1) is 11.9 Å². The smallest absolute Gasteiger partial charge is 0.276 e. The van der Waals surface area contributed by atoms with E-state index in [-0.39, 0.29) is 11.9 Å². The summed E-state index contributed by atoms with van der Waals surface area (Å²) in [5, 5.41) is 8.15. The third kappa shape index (κ3) is 3.12. The summed E-state index contributed by atoms with van der Waals surface area (Å²) in [6, 6.07) is 8.03. The second-order valence-corrected chi connectivity index (χ2v) is 6.31. The Morgan fingerprint density at radius 1 is 1.35 bits per heavy atom. The molecule has 0 radical (unpaired) electrons. The van der Waals surface area contributed by atoms with Gasteiger partial charge in [-0.3, -0.25) is 4.79 Å². The highest BCUT2D eigenvalue weighted by Gasteiger charge is 2.32. The first-order valence-corrected chi connectivity index (χ1v) is 8.10. The molecule has 6 nitrogen and oxygen atoms in total. The number of amides is 1. The molecule has 2 atom stereocenters. The molecule has 3 rings (SSSR count). The number of nitrogens with zero attached hydrogens (tertiary/aromatic N) is 4. The van der Waals surface area contributed by atoms with Crippen molar-refractivity contribution in [3.63, 3.8) is 0 Å². The maximum atomic E-state index is 12.8. The molecule has 1 amide bonds. The van der Waals surface area contributed by atoms with Gasteiger partial charge in [-0.1, -0.05) is 29.8 Å². The minimum Gasteiger partial charge on any atom is -0.333 e. The number of likely N-dealkylation sites (tertiary alicyclic amines) is 1. The summed E-state index contributed by atoms with van der Waals surface area (Å²) in [4.78, 5) is 14.6. The van der Waals surface area contributed by atoms with E-state index in [0.29, 0.717) is 18.2 Å². The third-order valence-electron chi connectivity index (χ3n) is 4.63. The number of nitrogens with two attached hydrogens (primary N) is 1. The number of piperidine rings is 1. The largest absolute Gasteiger partial charge is 0.333 e. The van der Waals surface area contributed by atoms with Crippen LogP contribution in [0.4, 0.5) is 0 Å². The van der Waals surface area contributed by atoms with Crippen molar-refractivity contribution in [3.05, 3.63) is 41.7 Å². The molecule has 1 aliphatic heterocycles. The molecule has 1 saturated heterocycles. The minimum atomic E-state index is -0.0784. The van der Waals surface area contributed by atoms with Crippen LogP contribution < -0.4 is 5.73 Å². The number of aromatic nitrogens is 3. The van der Waals surface area contributed by atoms with Crippen LogP contribution in [0.5, 0.6) is 0 Å². The lowest BCUT2D eigenvalue weighted by Gasteiger charge is -2.39. The number of aryl methyl sites for hydroxylation is 1. The van der Waals surface area contributed by atoms with Crippen molar-refractivity contribution in [3.8, 4) is 5.69 Å². The highest BCUT2D eigenvalue weighted by molar-refractivity contribution is 5.92. The lowest BCUT2D eigenvalue weighted by molar-refractivity contribution is 0.0526. The number of carbonyl (C=O) groups is 1. The summed E-state index contributed by atoms with van der Waals surface area (Å²) in [5.74, 6) is 0.343. The second kappa shape index (κ2) is 6.50. The summed E-state index contributed by atoms with van der Waals surface area (Å²) in [6.07, 6.45) is 3.82. The molecule has 2 aromatic rings. The zero-order valence-corrected chi connectivity index (χ0v) is 13.6. The molecule has 1 aromatic heterocycles. The van der Waals surface area contributed by atoms with E-state index in [1.807, 2.05) is 36.1 Å². The first-order valence-electron chi connectivity index (χ1n) is 8.10. The Morgan fingerprint density at radius 3 is 2.78 bits per heavy atom.